The molecule has 0 unspecified atom stereocenters. The summed E-state index contributed by atoms with van der Waals surface area (Å²) in [6.07, 6.45) is 2.55. The van der Waals surface area contributed by atoms with Gasteiger partial charge in [-0.2, -0.15) is 0 Å². The van der Waals surface area contributed by atoms with Crippen LogP contribution in [0.5, 0.6) is 0 Å². The van der Waals surface area contributed by atoms with Crippen molar-refractivity contribution in [3.05, 3.63) is 18.1 Å². The van der Waals surface area contributed by atoms with Gasteiger partial charge in [-0.15, -0.1) is 0 Å². The molecule has 1 N–H and O–H groups in total. The molecule has 0 atom stereocenters. The van der Waals surface area contributed by atoms with Gasteiger partial charge in [-0.1, -0.05) is 13.8 Å². The molecule has 0 spiro atoms. The van der Waals surface area contributed by atoms with E-state index >= 15 is 0 Å². The zero-order chi connectivity index (χ0) is 15.5. The topological polar surface area (TPSA) is 58.1 Å². The van der Waals surface area contributed by atoms with E-state index in [1.54, 1.807) is 6.20 Å². The standard InChI is InChI=1S/C15H23FN4O/c1-11(2)14-17-7-4-13(19-14)20-8-5-15(16,6-9-20)10-18-12(3)21/h4,7,11H,5-6,8-10H2,1-3H3,(H,18,21). The highest BCUT2D eigenvalue weighted by Crippen LogP contribution is 2.28. The minimum atomic E-state index is -1.31. The number of nitrogens with zero attached hydrogens (tertiary/aromatic N) is 3. The molecule has 0 bridgehead atoms. The van der Waals surface area contributed by atoms with Gasteiger partial charge in [-0.05, 0) is 6.07 Å². The van der Waals surface area contributed by atoms with E-state index < -0.39 is 5.67 Å². The molecule has 0 saturated carbocycles. The van der Waals surface area contributed by atoms with Crippen molar-refractivity contribution in [2.75, 3.05) is 24.5 Å². The Morgan fingerprint density at radius 3 is 2.71 bits per heavy atom. The summed E-state index contributed by atoms with van der Waals surface area (Å²) in [6, 6.07) is 1.87. The van der Waals surface area contributed by atoms with Gasteiger partial charge < -0.3 is 10.2 Å². The van der Waals surface area contributed by atoms with Gasteiger partial charge in [0, 0.05) is 45.0 Å². The summed E-state index contributed by atoms with van der Waals surface area (Å²) in [5.41, 5.74) is -1.31. The fourth-order valence-corrected chi connectivity index (χ4v) is 2.41. The van der Waals surface area contributed by atoms with Gasteiger partial charge in [0.25, 0.3) is 0 Å². The summed E-state index contributed by atoms with van der Waals surface area (Å²) in [6.45, 7) is 6.81. The predicted molar refractivity (Wildman–Crippen MR) is 80.1 cm³/mol. The first-order valence-corrected chi connectivity index (χ1v) is 7.41. The molecule has 0 aromatic carbocycles. The smallest absolute Gasteiger partial charge is 0.216 e. The van der Waals surface area contributed by atoms with E-state index in [4.69, 9.17) is 0 Å². The SMILES string of the molecule is CC(=O)NCC1(F)CCN(c2ccnc(C(C)C)n2)CC1. The fraction of sp³-hybridized carbons (Fsp3) is 0.667. The minimum absolute atomic E-state index is 0.0944. The second kappa shape index (κ2) is 6.37. The Balaban J connectivity index is 1.97. The highest BCUT2D eigenvalue weighted by molar-refractivity contribution is 5.72. The number of alkyl halides is 1. The lowest BCUT2D eigenvalue weighted by Crippen LogP contribution is -2.48. The van der Waals surface area contributed by atoms with E-state index in [1.807, 2.05) is 6.07 Å². The van der Waals surface area contributed by atoms with Crippen LogP contribution in [0.15, 0.2) is 12.3 Å². The Kier molecular flexibility index (Phi) is 4.75. The summed E-state index contributed by atoms with van der Waals surface area (Å²) < 4.78 is 14.6. The highest BCUT2D eigenvalue weighted by atomic mass is 19.1. The van der Waals surface area contributed by atoms with Crippen LogP contribution in [0.25, 0.3) is 0 Å². The van der Waals surface area contributed by atoms with Crippen molar-refractivity contribution < 1.29 is 9.18 Å². The van der Waals surface area contributed by atoms with Gasteiger partial charge in [0.15, 0.2) is 0 Å². The maximum absolute atomic E-state index is 14.6. The third-order valence-corrected chi connectivity index (χ3v) is 3.81. The summed E-state index contributed by atoms with van der Waals surface area (Å²) in [7, 11) is 0. The normalized spacial score (nSPS) is 17.9. The van der Waals surface area contributed by atoms with Crippen LogP contribution in [0, 0.1) is 0 Å². The number of nitrogens with one attached hydrogen (secondary N) is 1. The summed E-state index contributed by atoms with van der Waals surface area (Å²) in [5, 5.41) is 2.58. The van der Waals surface area contributed by atoms with Crippen molar-refractivity contribution in [1.29, 1.82) is 0 Å². The first kappa shape index (κ1) is 15.7. The number of carbonyl (C=O) groups is 1. The van der Waals surface area contributed by atoms with Crippen LogP contribution in [0.2, 0.25) is 0 Å². The van der Waals surface area contributed by atoms with Gasteiger partial charge in [0.1, 0.15) is 17.3 Å². The molecule has 1 aliphatic rings. The number of amides is 1. The average Bonchev–Trinajstić information content (AvgIpc) is 2.46. The molecular formula is C15H23FN4O. The number of anilines is 1. The highest BCUT2D eigenvalue weighted by Gasteiger charge is 2.35. The number of rotatable bonds is 4. The second-order valence-electron chi connectivity index (χ2n) is 5.98. The molecule has 1 aromatic rings. The molecule has 6 heteroatoms. The summed E-state index contributed by atoms with van der Waals surface area (Å²) in [5.74, 6) is 1.75. The molecular weight excluding hydrogens is 271 g/mol. The molecule has 1 aliphatic heterocycles. The Bertz CT molecular complexity index is 498. The van der Waals surface area contributed by atoms with E-state index in [-0.39, 0.29) is 18.4 Å². The van der Waals surface area contributed by atoms with Crippen molar-refractivity contribution in [2.45, 2.75) is 45.2 Å². The lowest BCUT2D eigenvalue weighted by Gasteiger charge is -2.37. The lowest BCUT2D eigenvalue weighted by molar-refractivity contribution is -0.119. The number of piperidine rings is 1. The Hall–Kier alpha value is -1.72. The average molecular weight is 294 g/mol. The number of halogens is 1. The Labute approximate surface area is 125 Å². The van der Waals surface area contributed by atoms with Crippen LogP contribution in [0.3, 0.4) is 0 Å². The Morgan fingerprint density at radius 1 is 1.48 bits per heavy atom. The van der Waals surface area contributed by atoms with E-state index in [0.717, 1.165) is 11.6 Å². The molecule has 1 fully saturated rings. The van der Waals surface area contributed by atoms with Gasteiger partial charge in [-0.3, -0.25) is 4.79 Å². The molecule has 0 aliphatic carbocycles. The molecule has 2 heterocycles. The van der Waals surface area contributed by atoms with Gasteiger partial charge >= 0.3 is 0 Å². The van der Waals surface area contributed by atoms with Gasteiger partial charge in [-0.25, -0.2) is 14.4 Å². The van der Waals surface area contributed by atoms with Crippen molar-refractivity contribution >= 4 is 11.7 Å². The predicted octanol–water partition coefficient (Wildman–Crippen LogP) is 2.04. The van der Waals surface area contributed by atoms with E-state index in [1.165, 1.54) is 6.92 Å². The number of hydrogen-bond acceptors (Lipinski definition) is 4. The monoisotopic (exact) mass is 294 g/mol. The van der Waals surface area contributed by atoms with Crippen LogP contribution >= 0.6 is 0 Å². The molecule has 21 heavy (non-hydrogen) atoms. The third kappa shape index (κ3) is 4.12. The third-order valence-electron chi connectivity index (χ3n) is 3.81. The largest absolute Gasteiger partial charge is 0.356 e. The first-order chi connectivity index (χ1) is 9.89. The first-order valence-electron chi connectivity index (χ1n) is 7.41. The maximum Gasteiger partial charge on any atom is 0.216 e. The quantitative estimate of drug-likeness (QED) is 0.923. The number of carbonyl (C=O) groups excluding carboxylic acids is 1. The van der Waals surface area contributed by atoms with Crippen molar-refractivity contribution in [3.63, 3.8) is 0 Å². The molecule has 1 saturated heterocycles. The molecule has 0 radical (unpaired) electrons. The van der Waals surface area contributed by atoms with Crippen LogP contribution in [0.4, 0.5) is 10.2 Å². The van der Waals surface area contributed by atoms with Gasteiger partial charge in [0.2, 0.25) is 5.91 Å². The van der Waals surface area contributed by atoms with Crippen LogP contribution < -0.4 is 10.2 Å². The van der Waals surface area contributed by atoms with Crippen LogP contribution in [-0.4, -0.2) is 41.2 Å². The molecule has 116 valence electrons. The Morgan fingerprint density at radius 2 is 2.14 bits per heavy atom. The second-order valence-corrected chi connectivity index (χ2v) is 5.98. The zero-order valence-corrected chi connectivity index (χ0v) is 12.9. The molecule has 1 aromatic heterocycles. The van der Waals surface area contributed by atoms with Crippen LogP contribution in [-0.2, 0) is 4.79 Å². The van der Waals surface area contributed by atoms with Crippen molar-refractivity contribution in [3.8, 4) is 0 Å². The minimum Gasteiger partial charge on any atom is -0.356 e. The van der Waals surface area contributed by atoms with E-state index in [0.29, 0.717) is 25.9 Å². The zero-order valence-electron chi connectivity index (χ0n) is 12.9. The molecule has 5 nitrogen and oxygen atoms in total. The van der Waals surface area contributed by atoms with Crippen molar-refractivity contribution in [1.82, 2.24) is 15.3 Å². The fourth-order valence-electron chi connectivity index (χ4n) is 2.41. The number of aromatic nitrogens is 2. The van der Waals surface area contributed by atoms with Crippen molar-refractivity contribution in [2.24, 2.45) is 0 Å². The lowest BCUT2D eigenvalue weighted by atomic mass is 9.93. The maximum atomic E-state index is 14.6. The summed E-state index contributed by atoms with van der Waals surface area (Å²) >= 11 is 0. The van der Waals surface area contributed by atoms with E-state index in [9.17, 15) is 9.18 Å². The van der Waals surface area contributed by atoms with Gasteiger partial charge in [0.05, 0.1) is 6.54 Å². The van der Waals surface area contributed by atoms with Crippen LogP contribution in [0.1, 0.15) is 45.4 Å². The molecule has 1 amide bonds. The molecule has 2 rings (SSSR count). The summed E-state index contributed by atoms with van der Waals surface area (Å²) in [4.78, 5) is 21.8. The van der Waals surface area contributed by atoms with E-state index in [2.05, 4.69) is 34.0 Å². The number of hydrogen-bond donors (Lipinski definition) is 1.